The number of benzene rings is 3. The molecule has 0 radical (unpaired) electrons. The second-order valence-electron chi connectivity index (χ2n) is 9.18. The van der Waals surface area contributed by atoms with Crippen LogP contribution in [-0.4, -0.2) is 59.6 Å². The Hall–Kier alpha value is -3.85. The zero-order valence-corrected chi connectivity index (χ0v) is 23.2. The molecule has 1 aliphatic heterocycles. The predicted molar refractivity (Wildman–Crippen MR) is 150 cm³/mol. The van der Waals surface area contributed by atoms with Gasteiger partial charge in [0.25, 0.3) is 11.8 Å². The molecule has 3 aromatic carbocycles. The number of likely N-dealkylation sites (tertiary alicyclic amines) is 1. The number of carbonyl (C=O) groups is 3. The number of aliphatic hydroxyl groups is 1. The molecule has 0 aliphatic carbocycles. The van der Waals surface area contributed by atoms with Gasteiger partial charge < -0.3 is 30.7 Å². The molecule has 0 unspecified atom stereocenters. The van der Waals surface area contributed by atoms with E-state index in [0.717, 1.165) is 12.1 Å². The van der Waals surface area contributed by atoms with E-state index < -0.39 is 53.1 Å². The fraction of sp³-hybridized carbons (Fsp3) is 0.222. The number of rotatable bonds is 9. The summed E-state index contributed by atoms with van der Waals surface area (Å²) in [5, 5.41) is 18.9. The summed E-state index contributed by atoms with van der Waals surface area (Å²) in [6.07, 6.45) is 0. The number of anilines is 4. The number of carbonyl (C=O) groups excluding carboxylic acids is 3. The number of nitrogens with one attached hydrogen (secondary N) is 3. The topological polar surface area (TPSA) is 120 Å². The van der Waals surface area contributed by atoms with Crippen LogP contribution in [0.1, 0.15) is 17.3 Å². The molecule has 1 saturated heterocycles. The number of hydrogen-bond donors (Lipinski definition) is 4. The van der Waals surface area contributed by atoms with Crippen molar-refractivity contribution in [2.24, 2.45) is 0 Å². The summed E-state index contributed by atoms with van der Waals surface area (Å²) in [5.74, 6) is -4.95. The molecule has 4 N–H and O–H groups in total. The van der Waals surface area contributed by atoms with Crippen molar-refractivity contribution in [1.29, 1.82) is 0 Å². The van der Waals surface area contributed by atoms with Gasteiger partial charge in [0.1, 0.15) is 11.4 Å². The van der Waals surface area contributed by atoms with Crippen LogP contribution in [0.4, 0.5) is 35.9 Å². The molecule has 0 atom stereocenters. The highest BCUT2D eigenvalue weighted by Crippen LogP contribution is 2.32. The van der Waals surface area contributed by atoms with Crippen LogP contribution in [-0.2, 0) is 14.3 Å². The predicted octanol–water partition coefficient (Wildman–Crippen LogP) is 4.25. The average Bonchev–Trinajstić information content (AvgIpc) is 2.89. The lowest BCUT2D eigenvalue weighted by atomic mass is 9.92. The Morgan fingerprint density at radius 1 is 1.00 bits per heavy atom. The molecule has 0 bridgehead atoms. The number of nitrogens with zero attached hydrogens (tertiary/aromatic N) is 1. The largest absolute Gasteiger partial charge is 0.456 e. The molecule has 4 rings (SSSR count). The number of esters is 1. The molecule has 40 heavy (non-hydrogen) atoms. The second-order valence-corrected chi connectivity index (χ2v) is 10.4. The molecule has 9 nitrogen and oxygen atoms in total. The molecule has 13 heteroatoms. The Kier molecular flexibility index (Phi) is 8.83. The van der Waals surface area contributed by atoms with Crippen LogP contribution in [0.5, 0.6) is 0 Å². The highest BCUT2D eigenvalue weighted by molar-refractivity contribution is 14.1. The van der Waals surface area contributed by atoms with Gasteiger partial charge in [-0.2, -0.15) is 0 Å². The number of halogens is 4. The van der Waals surface area contributed by atoms with E-state index in [-0.39, 0.29) is 30.9 Å². The van der Waals surface area contributed by atoms with E-state index in [1.807, 2.05) is 22.6 Å². The Balaban J connectivity index is 1.35. The van der Waals surface area contributed by atoms with Gasteiger partial charge in [0.05, 0.1) is 30.0 Å². The SMILES string of the molecule is CC(=O)OCC(=O)Nc1ccc(NCC2(O)CN(C(=O)c3ccc(F)c(F)c3Nc3ccc(I)cc3F)C2)cc1. The second kappa shape index (κ2) is 12.1. The van der Waals surface area contributed by atoms with Crippen LogP contribution in [0.3, 0.4) is 0 Å². The number of ether oxygens (including phenoxy) is 1. The van der Waals surface area contributed by atoms with Crippen molar-refractivity contribution in [3.63, 3.8) is 0 Å². The standard InChI is InChI=1S/C27H24F3IN4O5/c1-15(36)40-11-23(37)33-18-5-3-17(4-6-18)32-12-27(39)13-35(14-27)26(38)19-7-8-20(28)24(30)25(19)34-22-9-2-16(31)10-21(22)29/h2-10,32,34,39H,11-14H2,1H3,(H,33,37). The fourth-order valence-corrected chi connectivity index (χ4v) is 4.42. The van der Waals surface area contributed by atoms with E-state index in [1.165, 1.54) is 24.0 Å². The first-order chi connectivity index (χ1) is 18.9. The molecule has 0 aromatic heterocycles. The summed E-state index contributed by atoms with van der Waals surface area (Å²) in [4.78, 5) is 36.9. The van der Waals surface area contributed by atoms with Gasteiger partial charge in [0.2, 0.25) is 0 Å². The Labute approximate surface area is 240 Å². The Bertz CT molecular complexity index is 1450. The Morgan fingerprint density at radius 3 is 2.33 bits per heavy atom. The quantitative estimate of drug-likeness (QED) is 0.199. The summed E-state index contributed by atoms with van der Waals surface area (Å²) < 4.78 is 48.3. The maximum Gasteiger partial charge on any atom is 0.303 e. The highest BCUT2D eigenvalue weighted by Gasteiger charge is 2.44. The lowest BCUT2D eigenvalue weighted by Crippen LogP contribution is -2.66. The molecule has 2 amide bonds. The molecule has 1 aliphatic rings. The van der Waals surface area contributed by atoms with Gasteiger partial charge in [-0.05, 0) is 77.2 Å². The monoisotopic (exact) mass is 668 g/mol. The molecule has 210 valence electrons. The van der Waals surface area contributed by atoms with Crippen molar-refractivity contribution in [3.8, 4) is 0 Å². The van der Waals surface area contributed by atoms with Crippen molar-refractivity contribution in [3.05, 3.63) is 81.2 Å². The molecule has 3 aromatic rings. The minimum absolute atomic E-state index is 0.0751. The van der Waals surface area contributed by atoms with Crippen LogP contribution < -0.4 is 16.0 Å². The van der Waals surface area contributed by atoms with Crippen LogP contribution in [0.2, 0.25) is 0 Å². The van der Waals surface area contributed by atoms with Crippen molar-refractivity contribution in [2.45, 2.75) is 12.5 Å². The summed E-state index contributed by atoms with van der Waals surface area (Å²) in [7, 11) is 0. The van der Waals surface area contributed by atoms with Crippen LogP contribution in [0, 0.1) is 21.0 Å². The lowest BCUT2D eigenvalue weighted by molar-refractivity contribution is -0.144. The molecule has 0 spiro atoms. The highest BCUT2D eigenvalue weighted by atomic mass is 127. The minimum atomic E-state index is -1.33. The first-order valence-electron chi connectivity index (χ1n) is 11.9. The summed E-state index contributed by atoms with van der Waals surface area (Å²) in [6, 6.07) is 12.6. The minimum Gasteiger partial charge on any atom is -0.456 e. The van der Waals surface area contributed by atoms with Crippen molar-refractivity contribution in [1.82, 2.24) is 4.90 Å². The van der Waals surface area contributed by atoms with Crippen LogP contribution in [0.25, 0.3) is 0 Å². The normalized spacial score (nSPS) is 13.7. The summed E-state index contributed by atoms with van der Waals surface area (Å²) >= 11 is 1.91. The van der Waals surface area contributed by atoms with E-state index in [2.05, 4.69) is 20.7 Å². The summed E-state index contributed by atoms with van der Waals surface area (Å²) in [5.41, 5.74) is -1.03. The van der Waals surface area contributed by atoms with Gasteiger partial charge in [0, 0.05) is 28.4 Å². The van der Waals surface area contributed by atoms with Crippen LogP contribution in [0.15, 0.2) is 54.6 Å². The van der Waals surface area contributed by atoms with Crippen molar-refractivity contribution >= 4 is 63.1 Å². The van der Waals surface area contributed by atoms with Crippen LogP contribution >= 0.6 is 22.6 Å². The van der Waals surface area contributed by atoms with Gasteiger partial charge >= 0.3 is 5.97 Å². The maximum atomic E-state index is 14.7. The van der Waals surface area contributed by atoms with E-state index in [4.69, 9.17) is 0 Å². The third-order valence-electron chi connectivity index (χ3n) is 5.97. The number of hydrogen-bond acceptors (Lipinski definition) is 7. The van der Waals surface area contributed by atoms with E-state index in [0.29, 0.717) is 14.9 Å². The van der Waals surface area contributed by atoms with Gasteiger partial charge in [-0.3, -0.25) is 14.4 Å². The zero-order chi connectivity index (χ0) is 29.0. The molecule has 0 saturated carbocycles. The molecule has 1 heterocycles. The average molecular weight is 668 g/mol. The van der Waals surface area contributed by atoms with E-state index in [1.54, 1.807) is 30.3 Å². The lowest BCUT2D eigenvalue weighted by Gasteiger charge is -2.46. The molecule has 1 fully saturated rings. The van der Waals surface area contributed by atoms with E-state index >= 15 is 0 Å². The van der Waals surface area contributed by atoms with Gasteiger partial charge in [-0.1, -0.05) is 0 Å². The maximum absolute atomic E-state index is 14.7. The van der Waals surface area contributed by atoms with Gasteiger partial charge in [0.15, 0.2) is 18.2 Å². The third kappa shape index (κ3) is 7.01. The third-order valence-corrected chi connectivity index (χ3v) is 6.64. The van der Waals surface area contributed by atoms with Gasteiger partial charge in [-0.25, -0.2) is 13.2 Å². The van der Waals surface area contributed by atoms with Gasteiger partial charge in [-0.15, -0.1) is 0 Å². The summed E-state index contributed by atoms with van der Waals surface area (Å²) in [6.45, 7) is 0.706. The Morgan fingerprint density at radius 2 is 1.68 bits per heavy atom. The number of amides is 2. The van der Waals surface area contributed by atoms with E-state index in [9.17, 15) is 32.7 Å². The fourth-order valence-electron chi connectivity index (χ4n) is 3.97. The van der Waals surface area contributed by atoms with Crippen molar-refractivity contribution < 1.29 is 37.4 Å². The first-order valence-corrected chi connectivity index (χ1v) is 13.0. The smallest absolute Gasteiger partial charge is 0.303 e. The zero-order valence-electron chi connectivity index (χ0n) is 21.1. The first kappa shape index (κ1) is 29.1. The molecular formula is C27H24F3IN4O5. The molecular weight excluding hydrogens is 644 g/mol. The number of β-amino-alcohol motifs (C(OH)–C–C–N with tert-alkyl or cyclic N) is 1. The van der Waals surface area contributed by atoms with Crippen molar-refractivity contribution in [2.75, 3.05) is 42.2 Å².